The third-order valence-corrected chi connectivity index (χ3v) is 4.94. The summed E-state index contributed by atoms with van der Waals surface area (Å²) < 4.78 is 24.6. The fourth-order valence-corrected chi connectivity index (χ4v) is 3.39. The summed E-state index contributed by atoms with van der Waals surface area (Å²) >= 11 is 2.17. The molecule has 0 amide bonds. The molecule has 1 aliphatic rings. The highest BCUT2D eigenvalue weighted by atomic mass is 127. The van der Waals surface area contributed by atoms with Crippen LogP contribution in [-0.2, 0) is 9.84 Å². The zero-order valence-electron chi connectivity index (χ0n) is 7.61. The third kappa shape index (κ3) is 2.48. The van der Waals surface area contributed by atoms with Crippen molar-refractivity contribution in [2.75, 3.05) is 5.75 Å². The van der Waals surface area contributed by atoms with Crippen LogP contribution in [0.2, 0.25) is 0 Å². The lowest BCUT2D eigenvalue weighted by molar-refractivity contribution is 0.592. The predicted octanol–water partition coefficient (Wildman–Crippen LogP) is 2.47. The first-order valence-electron chi connectivity index (χ1n) is 4.56. The molecule has 1 fully saturated rings. The molecule has 2 rings (SSSR count). The summed E-state index contributed by atoms with van der Waals surface area (Å²) in [6.45, 7) is 0. The highest BCUT2D eigenvalue weighted by Gasteiger charge is 2.28. The van der Waals surface area contributed by atoms with Crippen LogP contribution >= 0.6 is 22.6 Å². The van der Waals surface area contributed by atoms with E-state index in [0.717, 1.165) is 16.4 Å². The Hall–Kier alpha value is -0.100. The summed E-state index contributed by atoms with van der Waals surface area (Å²) in [5.41, 5.74) is 0. The maximum atomic E-state index is 11.8. The van der Waals surface area contributed by atoms with Crippen molar-refractivity contribution in [1.29, 1.82) is 0 Å². The van der Waals surface area contributed by atoms with E-state index in [1.165, 1.54) is 0 Å². The molecule has 0 saturated heterocycles. The Kier molecular flexibility index (Phi) is 2.83. The molecule has 0 spiro atoms. The monoisotopic (exact) mass is 322 g/mol. The Morgan fingerprint density at radius 1 is 1.21 bits per heavy atom. The van der Waals surface area contributed by atoms with Crippen molar-refractivity contribution < 1.29 is 8.42 Å². The van der Waals surface area contributed by atoms with Crippen LogP contribution in [0.15, 0.2) is 29.2 Å². The van der Waals surface area contributed by atoms with Crippen molar-refractivity contribution in [2.24, 2.45) is 5.92 Å². The van der Waals surface area contributed by atoms with Crippen LogP contribution in [0.25, 0.3) is 0 Å². The smallest absolute Gasteiger partial charge is 0.178 e. The van der Waals surface area contributed by atoms with Gasteiger partial charge in [-0.15, -0.1) is 0 Å². The van der Waals surface area contributed by atoms with Gasteiger partial charge in [0.15, 0.2) is 9.84 Å². The first-order valence-corrected chi connectivity index (χ1v) is 7.29. The molecule has 0 heterocycles. The third-order valence-electron chi connectivity index (χ3n) is 2.32. The minimum absolute atomic E-state index is 0.327. The summed E-state index contributed by atoms with van der Waals surface area (Å²) in [4.78, 5) is 0.463. The first kappa shape index (κ1) is 10.4. The summed E-state index contributed by atoms with van der Waals surface area (Å²) in [7, 11) is -3.02. The van der Waals surface area contributed by atoms with Crippen molar-refractivity contribution in [3.63, 3.8) is 0 Å². The Balaban J connectivity index is 2.24. The zero-order chi connectivity index (χ0) is 10.2. The second-order valence-corrected chi connectivity index (χ2v) is 6.96. The molecule has 0 N–H and O–H groups in total. The van der Waals surface area contributed by atoms with Gasteiger partial charge < -0.3 is 0 Å². The second-order valence-electron chi connectivity index (χ2n) is 3.68. The molecule has 76 valence electrons. The number of benzene rings is 1. The number of sulfone groups is 1. The van der Waals surface area contributed by atoms with Gasteiger partial charge in [0, 0.05) is 3.57 Å². The van der Waals surface area contributed by atoms with Crippen LogP contribution in [0, 0.1) is 9.49 Å². The van der Waals surface area contributed by atoms with Crippen molar-refractivity contribution in [3.05, 3.63) is 27.8 Å². The zero-order valence-corrected chi connectivity index (χ0v) is 10.6. The van der Waals surface area contributed by atoms with E-state index in [4.69, 9.17) is 0 Å². The lowest BCUT2D eigenvalue weighted by Crippen LogP contribution is -2.08. The quantitative estimate of drug-likeness (QED) is 0.801. The molecule has 0 aliphatic heterocycles. The molecule has 0 unspecified atom stereocenters. The Bertz CT molecular complexity index is 418. The fourth-order valence-electron chi connectivity index (χ4n) is 1.33. The van der Waals surface area contributed by atoms with E-state index in [9.17, 15) is 8.42 Å². The molecule has 14 heavy (non-hydrogen) atoms. The van der Waals surface area contributed by atoms with Crippen LogP contribution in [0.5, 0.6) is 0 Å². The van der Waals surface area contributed by atoms with Gasteiger partial charge in [0.25, 0.3) is 0 Å². The summed E-state index contributed by atoms with van der Waals surface area (Å²) in [5.74, 6) is 0.743. The predicted molar refractivity (Wildman–Crippen MR) is 63.9 cm³/mol. The molecular formula is C10H11IO2S. The van der Waals surface area contributed by atoms with E-state index in [-0.39, 0.29) is 0 Å². The van der Waals surface area contributed by atoms with E-state index >= 15 is 0 Å². The maximum Gasteiger partial charge on any atom is 0.178 e. The second kappa shape index (κ2) is 3.81. The Labute approximate surface area is 97.8 Å². The van der Waals surface area contributed by atoms with Gasteiger partial charge in [-0.1, -0.05) is 0 Å². The fraction of sp³-hybridized carbons (Fsp3) is 0.400. The van der Waals surface area contributed by atoms with Gasteiger partial charge in [0.1, 0.15) is 0 Å². The molecule has 2 nitrogen and oxygen atoms in total. The average molecular weight is 322 g/mol. The minimum atomic E-state index is -3.02. The van der Waals surface area contributed by atoms with Crippen LogP contribution in [0.1, 0.15) is 12.8 Å². The lowest BCUT2D eigenvalue weighted by atomic mass is 10.4. The maximum absolute atomic E-state index is 11.8. The molecule has 4 heteroatoms. The molecule has 0 aromatic heterocycles. The van der Waals surface area contributed by atoms with Gasteiger partial charge in [0.2, 0.25) is 0 Å². The van der Waals surface area contributed by atoms with Gasteiger partial charge in [-0.3, -0.25) is 0 Å². The molecule has 1 saturated carbocycles. The topological polar surface area (TPSA) is 34.1 Å². The highest BCUT2D eigenvalue weighted by molar-refractivity contribution is 14.1. The number of rotatable bonds is 3. The Morgan fingerprint density at radius 3 is 2.29 bits per heavy atom. The largest absolute Gasteiger partial charge is 0.224 e. The van der Waals surface area contributed by atoms with E-state index < -0.39 is 9.84 Å². The minimum Gasteiger partial charge on any atom is -0.224 e. The number of hydrogen-bond donors (Lipinski definition) is 0. The molecule has 0 atom stereocenters. The van der Waals surface area contributed by atoms with Gasteiger partial charge >= 0.3 is 0 Å². The van der Waals surface area contributed by atoms with Crippen LogP contribution < -0.4 is 0 Å². The normalized spacial score (nSPS) is 16.9. The summed E-state index contributed by atoms with van der Waals surface area (Å²) in [5, 5.41) is 0. The molecular weight excluding hydrogens is 311 g/mol. The summed E-state index contributed by atoms with van der Waals surface area (Å²) in [6, 6.07) is 7.06. The molecule has 0 bridgehead atoms. The molecule has 0 radical (unpaired) electrons. The number of halogens is 1. The van der Waals surface area contributed by atoms with E-state index in [0.29, 0.717) is 16.6 Å². The molecule has 1 aromatic carbocycles. The lowest BCUT2D eigenvalue weighted by Gasteiger charge is -2.02. The van der Waals surface area contributed by atoms with Gasteiger partial charge in [0.05, 0.1) is 10.6 Å². The average Bonchev–Trinajstić information content (AvgIpc) is 2.88. The van der Waals surface area contributed by atoms with E-state index in [2.05, 4.69) is 22.6 Å². The standard InChI is InChI=1S/C10H11IO2S/c11-9-3-5-10(6-4-9)14(12,13)7-8-1-2-8/h3-6,8H,1-2,7H2. The molecule has 1 aliphatic carbocycles. The van der Waals surface area contributed by atoms with Crippen molar-refractivity contribution in [1.82, 2.24) is 0 Å². The number of hydrogen-bond acceptors (Lipinski definition) is 2. The summed E-state index contributed by atoms with van der Waals surface area (Å²) in [6.07, 6.45) is 2.15. The van der Waals surface area contributed by atoms with Gasteiger partial charge in [-0.25, -0.2) is 8.42 Å². The van der Waals surface area contributed by atoms with Crippen LogP contribution in [-0.4, -0.2) is 14.2 Å². The SMILES string of the molecule is O=S(=O)(CC1CC1)c1ccc(I)cc1. The van der Waals surface area contributed by atoms with Crippen molar-refractivity contribution >= 4 is 32.4 Å². The van der Waals surface area contributed by atoms with Crippen LogP contribution in [0.4, 0.5) is 0 Å². The van der Waals surface area contributed by atoms with E-state index in [1.54, 1.807) is 12.1 Å². The van der Waals surface area contributed by atoms with Crippen LogP contribution in [0.3, 0.4) is 0 Å². The van der Waals surface area contributed by atoms with E-state index in [1.807, 2.05) is 12.1 Å². The Morgan fingerprint density at radius 2 is 1.79 bits per heavy atom. The highest BCUT2D eigenvalue weighted by Crippen LogP contribution is 2.32. The van der Waals surface area contributed by atoms with Crippen molar-refractivity contribution in [3.8, 4) is 0 Å². The molecule has 1 aromatic rings. The first-order chi connectivity index (χ1) is 6.58. The van der Waals surface area contributed by atoms with Gasteiger partial charge in [-0.2, -0.15) is 0 Å². The van der Waals surface area contributed by atoms with Crippen molar-refractivity contribution in [2.45, 2.75) is 17.7 Å². The van der Waals surface area contributed by atoms with Gasteiger partial charge in [-0.05, 0) is 65.6 Å².